The van der Waals surface area contributed by atoms with E-state index in [2.05, 4.69) is 19.0 Å². The van der Waals surface area contributed by atoms with Crippen LogP contribution in [0.2, 0.25) is 0 Å². The topological polar surface area (TPSA) is 84.9 Å². The lowest BCUT2D eigenvalue weighted by molar-refractivity contribution is -0.143. The number of nitrogens with zero attached hydrogens (tertiary/aromatic N) is 1. The molecule has 0 radical (unpaired) electrons. The molecule has 0 aromatic rings. The van der Waals surface area contributed by atoms with Crippen molar-refractivity contribution < 1.29 is 14.7 Å². The number of carbonyl (C=O) groups excluding carboxylic acids is 1. The molecule has 0 saturated heterocycles. The number of ketones is 1. The van der Waals surface area contributed by atoms with Gasteiger partial charge in [0.15, 0.2) is 0 Å². The highest BCUT2D eigenvalue weighted by atomic mass is 35.5. The summed E-state index contributed by atoms with van der Waals surface area (Å²) < 4.78 is 0. The molecule has 4 aliphatic rings. The van der Waals surface area contributed by atoms with Crippen molar-refractivity contribution in [3.8, 4) is 0 Å². The maximum atomic E-state index is 12.7. The van der Waals surface area contributed by atoms with E-state index in [0.29, 0.717) is 53.9 Å². The lowest BCUT2D eigenvalue weighted by Gasteiger charge is -2.62. The minimum atomic E-state index is -0.0779. The van der Waals surface area contributed by atoms with Crippen LogP contribution in [-0.4, -0.2) is 36.4 Å². The zero-order valence-electron chi connectivity index (χ0n) is 18.1. The number of aliphatic hydroxyl groups excluding tert-OH is 1. The number of aliphatic hydroxyl groups is 1. The van der Waals surface area contributed by atoms with Crippen LogP contribution in [0.1, 0.15) is 71.6 Å². The second kappa shape index (κ2) is 8.84. The smallest absolute Gasteiger partial charge is 0.139 e. The largest absolute Gasteiger partial charge is 0.396 e. The Morgan fingerprint density at radius 1 is 1.17 bits per heavy atom. The third kappa shape index (κ3) is 3.76. The van der Waals surface area contributed by atoms with Crippen LogP contribution in [0.25, 0.3) is 0 Å². The van der Waals surface area contributed by atoms with Gasteiger partial charge >= 0.3 is 0 Å². The molecule has 166 valence electrons. The van der Waals surface area contributed by atoms with Gasteiger partial charge < -0.3 is 15.7 Å². The number of rotatable bonds is 5. The van der Waals surface area contributed by atoms with Gasteiger partial charge in [-0.05, 0) is 86.4 Å². The van der Waals surface area contributed by atoms with Crippen molar-refractivity contribution in [3.05, 3.63) is 0 Å². The molecule has 4 aliphatic carbocycles. The highest BCUT2D eigenvalue weighted by Gasteiger charge is 2.61. The number of fused-ring (bicyclic) bond motifs is 5. The Morgan fingerprint density at radius 3 is 2.69 bits per heavy atom. The monoisotopic (exact) mass is 426 g/mol. The molecule has 0 unspecified atom stereocenters. The first-order valence-corrected chi connectivity index (χ1v) is 11.5. The third-order valence-electron chi connectivity index (χ3n) is 9.29. The van der Waals surface area contributed by atoms with E-state index in [1.54, 1.807) is 0 Å². The van der Waals surface area contributed by atoms with Gasteiger partial charge in [0, 0.05) is 25.0 Å². The van der Waals surface area contributed by atoms with E-state index >= 15 is 0 Å². The normalized spacial score (nSPS) is 45.2. The molecular formula is C23H39ClN2O3. The number of nitrogens with two attached hydrogens (primary N) is 1. The zero-order chi connectivity index (χ0) is 19.9. The molecule has 0 spiro atoms. The summed E-state index contributed by atoms with van der Waals surface area (Å²) in [5.41, 5.74) is 6.91. The third-order valence-corrected chi connectivity index (χ3v) is 9.29. The van der Waals surface area contributed by atoms with Gasteiger partial charge in [-0.1, -0.05) is 19.0 Å². The van der Waals surface area contributed by atoms with Crippen LogP contribution in [0.3, 0.4) is 0 Å². The SMILES string of the molecule is C[C@]12CC/C(=N\OCCN)C[C@@H]1[C@@H](CCO)C[C@@H]1[C@@H]2CC[C@]2(C)C(=O)CC[C@@H]12.Cl. The predicted molar refractivity (Wildman–Crippen MR) is 117 cm³/mol. The van der Waals surface area contributed by atoms with Crippen molar-refractivity contribution in [1.82, 2.24) is 0 Å². The summed E-state index contributed by atoms with van der Waals surface area (Å²) in [6.07, 6.45) is 9.34. The number of hydrogen-bond donors (Lipinski definition) is 2. The van der Waals surface area contributed by atoms with Crippen LogP contribution in [-0.2, 0) is 9.63 Å². The first kappa shape index (κ1) is 23.0. The average molecular weight is 427 g/mol. The van der Waals surface area contributed by atoms with E-state index in [1.807, 2.05) is 0 Å². The van der Waals surface area contributed by atoms with Crippen molar-refractivity contribution in [1.29, 1.82) is 0 Å². The van der Waals surface area contributed by atoms with Gasteiger partial charge in [0.25, 0.3) is 0 Å². The summed E-state index contributed by atoms with van der Waals surface area (Å²) in [6.45, 7) is 5.98. The van der Waals surface area contributed by atoms with Crippen molar-refractivity contribution in [2.24, 2.45) is 51.3 Å². The fourth-order valence-electron chi connectivity index (χ4n) is 7.83. The van der Waals surface area contributed by atoms with Crippen LogP contribution < -0.4 is 5.73 Å². The quantitative estimate of drug-likeness (QED) is 0.514. The molecular weight excluding hydrogens is 388 g/mol. The van der Waals surface area contributed by atoms with Crippen LogP contribution in [0, 0.1) is 40.4 Å². The number of Topliss-reactive ketones (excluding diaryl/α,β-unsaturated/α-hetero) is 1. The van der Waals surface area contributed by atoms with Gasteiger partial charge in [0.2, 0.25) is 0 Å². The molecule has 5 nitrogen and oxygen atoms in total. The molecule has 4 fully saturated rings. The fraction of sp³-hybridized carbons (Fsp3) is 0.913. The van der Waals surface area contributed by atoms with Gasteiger partial charge in [-0.25, -0.2) is 0 Å². The lowest BCUT2D eigenvalue weighted by atomic mass is 9.43. The Hall–Kier alpha value is -0.650. The highest BCUT2D eigenvalue weighted by molar-refractivity contribution is 5.87. The maximum Gasteiger partial charge on any atom is 0.139 e. The van der Waals surface area contributed by atoms with Gasteiger partial charge in [0.05, 0.1) is 5.71 Å². The van der Waals surface area contributed by atoms with Crippen molar-refractivity contribution in [2.45, 2.75) is 71.6 Å². The molecule has 0 amide bonds. The molecule has 3 N–H and O–H groups in total. The average Bonchev–Trinajstić information content (AvgIpc) is 2.98. The molecule has 29 heavy (non-hydrogen) atoms. The second-order valence-electron chi connectivity index (χ2n) is 10.4. The Labute approximate surface area is 181 Å². The Balaban J connectivity index is 0.00000240. The van der Waals surface area contributed by atoms with E-state index in [4.69, 9.17) is 10.6 Å². The van der Waals surface area contributed by atoms with Gasteiger partial charge in [-0.2, -0.15) is 0 Å². The number of hydrogen-bond acceptors (Lipinski definition) is 5. The van der Waals surface area contributed by atoms with E-state index in [1.165, 1.54) is 18.6 Å². The van der Waals surface area contributed by atoms with E-state index in [9.17, 15) is 9.90 Å². The number of oxime groups is 1. The maximum absolute atomic E-state index is 12.7. The zero-order valence-corrected chi connectivity index (χ0v) is 18.9. The van der Waals surface area contributed by atoms with Crippen LogP contribution >= 0.6 is 12.4 Å². The minimum absolute atomic E-state index is 0. The second-order valence-corrected chi connectivity index (χ2v) is 10.4. The van der Waals surface area contributed by atoms with Crippen LogP contribution in [0.4, 0.5) is 0 Å². The fourth-order valence-corrected chi connectivity index (χ4v) is 7.83. The van der Waals surface area contributed by atoms with Crippen LogP contribution in [0.5, 0.6) is 0 Å². The summed E-state index contributed by atoms with van der Waals surface area (Å²) in [7, 11) is 0. The summed E-state index contributed by atoms with van der Waals surface area (Å²) in [5.74, 6) is 3.52. The van der Waals surface area contributed by atoms with Gasteiger partial charge in [-0.3, -0.25) is 4.79 Å². The van der Waals surface area contributed by atoms with Crippen molar-refractivity contribution >= 4 is 23.9 Å². The molecule has 0 aromatic heterocycles. The summed E-state index contributed by atoms with van der Waals surface area (Å²) >= 11 is 0. The summed E-state index contributed by atoms with van der Waals surface area (Å²) in [5, 5.41) is 14.2. The molecule has 7 atom stereocenters. The van der Waals surface area contributed by atoms with E-state index in [-0.39, 0.29) is 24.4 Å². The highest BCUT2D eigenvalue weighted by Crippen LogP contribution is 2.66. The number of halogens is 1. The molecule has 0 aliphatic heterocycles. The van der Waals surface area contributed by atoms with Gasteiger partial charge in [0.1, 0.15) is 12.4 Å². The molecule has 0 heterocycles. The molecule has 4 rings (SSSR count). The molecule has 0 bridgehead atoms. The first-order valence-electron chi connectivity index (χ1n) is 11.5. The van der Waals surface area contributed by atoms with Gasteiger partial charge in [-0.15, -0.1) is 12.4 Å². The summed E-state index contributed by atoms with van der Waals surface area (Å²) in [4.78, 5) is 18.1. The standard InChI is InChI=1S/C23H38N2O3.ClH/c1-22-8-5-16(25-28-12-10-24)14-20(22)15(7-11-26)13-17-18-3-4-21(27)23(18,2)9-6-19(17)22;/h15,17-20,26H,3-14,24H2,1-2H3;1H/b25-16+;/t15-,17-,18-,19-,20+,22+,23-;/m0./s1. The van der Waals surface area contributed by atoms with E-state index < -0.39 is 0 Å². The van der Waals surface area contributed by atoms with Crippen LogP contribution in [0.15, 0.2) is 5.16 Å². The summed E-state index contributed by atoms with van der Waals surface area (Å²) in [6, 6.07) is 0. The molecule has 4 saturated carbocycles. The first-order chi connectivity index (χ1) is 13.4. The molecule has 6 heteroatoms. The predicted octanol–water partition coefficient (Wildman–Crippen LogP) is 3.96. The Kier molecular flexibility index (Phi) is 7.02. The number of carbonyl (C=O) groups is 1. The van der Waals surface area contributed by atoms with E-state index in [0.717, 1.165) is 44.9 Å². The minimum Gasteiger partial charge on any atom is -0.396 e. The molecule has 0 aromatic carbocycles. The Morgan fingerprint density at radius 2 is 1.97 bits per heavy atom. The van der Waals surface area contributed by atoms with Crippen molar-refractivity contribution in [2.75, 3.05) is 19.8 Å². The van der Waals surface area contributed by atoms with Crippen molar-refractivity contribution in [3.63, 3.8) is 0 Å². The lowest BCUT2D eigenvalue weighted by Crippen LogP contribution is -2.56. The Bertz CT molecular complexity index is 642.